The molecule has 1 atom stereocenters. The summed E-state index contributed by atoms with van der Waals surface area (Å²) >= 11 is 1.84. The first-order valence-corrected chi connectivity index (χ1v) is 11.4. The van der Waals surface area contributed by atoms with Crippen molar-refractivity contribution < 1.29 is 4.74 Å². The molecule has 0 aromatic carbocycles. The third-order valence-corrected chi connectivity index (χ3v) is 5.72. The average Bonchev–Trinajstić information content (AvgIpc) is 3.14. The molecule has 0 radical (unpaired) electrons. The molecule has 1 unspecified atom stereocenters. The van der Waals surface area contributed by atoms with Gasteiger partial charge in [-0.1, -0.05) is 13.0 Å². The Morgan fingerprint density at radius 1 is 1.32 bits per heavy atom. The lowest BCUT2D eigenvalue weighted by atomic mass is 10.1. The van der Waals surface area contributed by atoms with Crippen LogP contribution in [-0.2, 0) is 11.2 Å². The van der Waals surface area contributed by atoms with Gasteiger partial charge in [-0.05, 0) is 57.4 Å². The van der Waals surface area contributed by atoms with Crippen LogP contribution in [0.4, 0.5) is 0 Å². The van der Waals surface area contributed by atoms with Crippen molar-refractivity contribution in [2.45, 2.75) is 59.1 Å². The molecular weight excluding hydrogens is 483 g/mol. The predicted molar refractivity (Wildman–Crippen MR) is 132 cm³/mol. The van der Waals surface area contributed by atoms with Gasteiger partial charge in [-0.15, -0.1) is 35.3 Å². The molecular formula is C21H39IN4OS. The third-order valence-electron chi connectivity index (χ3n) is 4.82. The molecule has 2 rings (SSSR count). The first-order valence-electron chi connectivity index (χ1n) is 10.5. The standard InChI is InChI=1S/C21H38N4OS.HI/c1-5-22-21(23-16-18(4)15-20-7-6-14-27-20)24-19-8-10-25(11-9-19)12-13-26-17(2)3;/h6-7,14,17-19H,5,8-13,15-16H2,1-4H3,(H2,22,23,24);1H. The van der Waals surface area contributed by atoms with Crippen LogP contribution >= 0.6 is 35.3 Å². The highest BCUT2D eigenvalue weighted by atomic mass is 127. The first kappa shape index (κ1) is 25.7. The maximum absolute atomic E-state index is 5.67. The maximum Gasteiger partial charge on any atom is 0.191 e. The number of hydrogen-bond donors (Lipinski definition) is 2. The molecule has 1 aliphatic heterocycles. The minimum Gasteiger partial charge on any atom is -0.377 e. The first-order chi connectivity index (χ1) is 13.1. The summed E-state index contributed by atoms with van der Waals surface area (Å²) in [7, 11) is 0. The lowest BCUT2D eigenvalue weighted by Crippen LogP contribution is -2.49. The maximum atomic E-state index is 5.67. The van der Waals surface area contributed by atoms with Crippen LogP contribution < -0.4 is 10.6 Å². The van der Waals surface area contributed by atoms with Gasteiger partial charge in [0.25, 0.3) is 0 Å². The van der Waals surface area contributed by atoms with Crippen molar-refractivity contribution in [3.8, 4) is 0 Å². The van der Waals surface area contributed by atoms with Crippen molar-refractivity contribution in [1.29, 1.82) is 0 Å². The van der Waals surface area contributed by atoms with Crippen molar-refractivity contribution in [3.63, 3.8) is 0 Å². The monoisotopic (exact) mass is 522 g/mol. The SMILES string of the molecule is CCNC(=NCC(C)Cc1cccs1)NC1CCN(CCOC(C)C)CC1.I. The van der Waals surface area contributed by atoms with Crippen LogP contribution in [-0.4, -0.2) is 62.3 Å². The number of nitrogens with zero attached hydrogens (tertiary/aromatic N) is 2. The summed E-state index contributed by atoms with van der Waals surface area (Å²) in [5, 5.41) is 9.21. The predicted octanol–water partition coefficient (Wildman–Crippen LogP) is 3.99. The normalized spacial score (nSPS) is 17.4. The van der Waals surface area contributed by atoms with Crippen LogP contribution in [0.25, 0.3) is 0 Å². The number of guanidine groups is 1. The van der Waals surface area contributed by atoms with Gasteiger partial charge in [0.1, 0.15) is 0 Å². The summed E-state index contributed by atoms with van der Waals surface area (Å²) in [6, 6.07) is 4.86. The number of halogens is 1. The van der Waals surface area contributed by atoms with E-state index >= 15 is 0 Å². The molecule has 2 N–H and O–H groups in total. The summed E-state index contributed by atoms with van der Waals surface area (Å²) in [4.78, 5) is 8.80. The van der Waals surface area contributed by atoms with E-state index in [1.54, 1.807) is 0 Å². The van der Waals surface area contributed by atoms with Gasteiger partial charge in [0.05, 0.1) is 12.7 Å². The molecule has 162 valence electrons. The number of aliphatic imine (C=N–C) groups is 1. The quantitative estimate of drug-likeness (QED) is 0.277. The zero-order valence-corrected chi connectivity index (χ0v) is 21.1. The number of likely N-dealkylation sites (tertiary alicyclic amines) is 1. The molecule has 5 nitrogen and oxygen atoms in total. The summed E-state index contributed by atoms with van der Waals surface area (Å²) in [6.45, 7) is 14.5. The Labute approximate surface area is 192 Å². The zero-order chi connectivity index (χ0) is 19.5. The van der Waals surface area contributed by atoms with Crippen LogP contribution in [0.2, 0.25) is 0 Å². The van der Waals surface area contributed by atoms with Gasteiger partial charge >= 0.3 is 0 Å². The van der Waals surface area contributed by atoms with Gasteiger partial charge in [-0.25, -0.2) is 0 Å². The second-order valence-corrected chi connectivity index (χ2v) is 8.82. The van der Waals surface area contributed by atoms with Crippen LogP contribution in [0.1, 0.15) is 45.4 Å². The van der Waals surface area contributed by atoms with E-state index in [9.17, 15) is 0 Å². The Morgan fingerprint density at radius 3 is 2.68 bits per heavy atom. The van der Waals surface area contributed by atoms with Crippen molar-refractivity contribution >= 4 is 41.3 Å². The van der Waals surface area contributed by atoms with Crippen molar-refractivity contribution in [1.82, 2.24) is 15.5 Å². The van der Waals surface area contributed by atoms with Crippen LogP contribution in [0.5, 0.6) is 0 Å². The summed E-state index contributed by atoms with van der Waals surface area (Å²) < 4.78 is 5.67. The Kier molecular flexibility index (Phi) is 13.4. The summed E-state index contributed by atoms with van der Waals surface area (Å²) in [6.07, 6.45) is 3.76. The van der Waals surface area contributed by atoms with Crippen LogP contribution in [0, 0.1) is 5.92 Å². The van der Waals surface area contributed by atoms with Crippen molar-refractivity contribution in [3.05, 3.63) is 22.4 Å². The molecule has 1 saturated heterocycles. The van der Waals surface area contributed by atoms with Crippen molar-refractivity contribution in [2.24, 2.45) is 10.9 Å². The highest BCUT2D eigenvalue weighted by Crippen LogP contribution is 2.15. The fraction of sp³-hybridized carbons (Fsp3) is 0.762. The Hall–Kier alpha value is -0.380. The number of ether oxygens (including phenoxy) is 1. The van der Waals surface area contributed by atoms with E-state index in [0.29, 0.717) is 18.1 Å². The Morgan fingerprint density at radius 2 is 2.07 bits per heavy atom. The minimum atomic E-state index is 0. The van der Waals surface area contributed by atoms with Crippen LogP contribution in [0.3, 0.4) is 0 Å². The molecule has 1 aliphatic rings. The van der Waals surface area contributed by atoms with E-state index < -0.39 is 0 Å². The number of hydrogen-bond acceptors (Lipinski definition) is 4. The summed E-state index contributed by atoms with van der Waals surface area (Å²) in [5.74, 6) is 1.53. The molecule has 0 saturated carbocycles. The lowest BCUT2D eigenvalue weighted by Gasteiger charge is -2.33. The van der Waals surface area contributed by atoms with E-state index in [0.717, 1.165) is 64.6 Å². The second-order valence-electron chi connectivity index (χ2n) is 7.79. The van der Waals surface area contributed by atoms with E-state index in [1.807, 2.05) is 11.3 Å². The van der Waals surface area contributed by atoms with Gasteiger partial charge in [0.15, 0.2) is 5.96 Å². The average molecular weight is 523 g/mol. The molecule has 0 bridgehead atoms. The van der Waals surface area contributed by atoms with Gasteiger partial charge in [0.2, 0.25) is 0 Å². The number of rotatable bonds is 10. The summed E-state index contributed by atoms with van der Waals surface area (Å²) in [5.41, 5.74) is 0. The fourth-order valence-corrected chi connectivity index (χ4v) is 4.19. The molecule has 0 amide bonds. The molecule has 1 aromatic heterocycles. The molecule has 1 aromatic rings. The van der Waals surface area contributed by atoms with Gasteiger partial charge < -0.3 is 20.3 Å². The van der Waals surface area contributed by atoms with E-state index in [-0.39, 0.29) is 24.0 Å². The lowest BCUT2D eigenvalue weighted by molar-refractivity contribution is 0.0532. The zero-order valence-electron chi connectivity index (χ0n) is 17.9. The van der Waals surface area contributed by atoms with Crippen molar-refractivity contribution in [2.75, 3.05) is 39.3 Å². The van der Waals surface area contributed by atoms with E-state index in [1.165, 1.54) is 4.88 Å². The molecule has 7 heteroatoms. The molecule has 0 spiro atoms. The topological polar surface area (TPSA) is 48.9 Å². The number of thiophene rings is 1. The minimum absolute atomic E-state index is 0. The molecule has 2 heterocycles. The van der Waals surface area contributed by atoms with Gasteiger partial charge in [-0.3, -0.25) is 4.99 Å². The highest BCUT2D eigenvalue weighted by Gasteiger charge is 2.20. The molecule has 28 heavy (non-hydrogen) atoms. The Balaban J connectivity index is 0.00000392. The van der Waals surface area contributed by atoms with Crippen LogP contribution in [0.15, 0.2) is 22.5 Å². The van der Waals surface area contributed by atoms with E-state index in [4.69, 9.17) is 9.73 Å². The largest absolute Gasteiger partial charge is 0.377 e. The van der Waals surface area contributed by atoms with E-state index in [2.05, 4.69) is 60.7 Å². The third kappa shape index (κ3) is 10.4. The Bertz CT molecular complexity index is 531. The molecule has 1 fully saturated rings. The van der Waals surface area contributed by atoms with Gasteiger partial charge in [0, 0.05) is 43.6 Å². The molecule has 0 aliphatic carbocycles. The smallest absolute Gasteiger partial charge is 0.191 e. The number of piperidine rings is 1. The fourth-order valence-electron chi connectivity index (χ4n) is 3.32. The number of nitrogens with one attached hydrogen (secondary N) is 2. The van der Waals surface area contributed by atoms with Gasteiger partial charge in [-0.2, -0.15) is 0 Å². The highest BCUT2D eigenvalue weighted by molar-refractivity contribution is 14.0. The second kappa shape index (κ2) is 14.6.